The first-order valence-corrected chi connectivity index (χ1v) is 2.32. The average Bonchev–Trinajstić information content (AvgIpc) is 1.77. The minimum Gasteiger partial charge on any atom is -1.00 e. The molecule has 5 heteroatoms. The van der Waals surface area contributed by atoms with Crippen LogP contribution in [0.25, 0.3) is 0 Å². The first kappa shape index (κ1) is 12.4. The number of pyridine rings is 1. The molecule has 10 heavy (non-hydrogen) atoms. The zero-order valence-electron chi connectivity index (χ0n) is 5.20. The summed E-state index contributed by atoms with van der Waals surface area (Å²) in [6.07, 6.45) is 1.69. The van der Waals surface area contributed by atoms with Gasteiger partial charge in [0, 0.05) is 6.07 Å². The molecule has 0 amide bonds. The van der Waals surface area contributed by atoms with E-state index in [0.29, 0.717) is 5.82 Å². The van der Waals surface area contributed by atoms with E-state index < -0.39 is 0 Å². The number of aromatic nitrogens is 1. The van der Waals surface area contributed by atoms with Crippen LogP contribution in [0.4, 0.5) is 5.82 Å². The second-order valence-corrected chi connectivity index (χ2v) is 1.53. The fourth-order valence-electron chi connectivity index (χ4n) is 0.469. The van der Waals surface area contributed by atoms with E-state index >= 15 is 0 Å². The molecule has 0 aromatic carbocycles. The Bertz CT molecular complexity index is 171. The lowest BCUT2D eigenvalue weighted by atomic mass is 10.5. The van der Waals surface area contributed by atoms with Gasteiger partial charge in [0.2, 0.25) is 0 Å². The quantitative estimate of drug-likeness (QED) is 0.387. The molecule has 0 radical (unpaired) electrons. The number of hydrogen-bond donors (Lipinski definition) is 2. The van der Waals surface area contributed by atoms with Crippen LogP contribution in [0, 0.1) is 0 Å². The van der Waals surface area contributed by atoms with Crippen LogP contribution in [0.5, 0.6) is 0 Å². The van der Waals surface area contributed by atoms with E-state index in [1.54, 1.807) is 12.3 Å². The molecule has 0 aliphatic rings. The highest BCUT2D eigenvalue weighted by atomic mass is 79.9. The van der Waals surface area contributed by atoms with Crippen LogP contribution in [-0.2, 0) is 0 Å². The van der Waals surface area contributed by atoms with Crippen molar-refractivity contribution in [2.45, 2.75) is 0 Å². The third kappa shape index (κ3) is 3.03. The molecule has 0 fully saturated rings. The average molecular weight is 271 g/mol. The number of halogens is 2. The minimum absolute atomic E-state index is 0. The van der Waals surface area contributed by atoms with Gasteiger partial charge in [-0.25, -0.2) is 0 Å². The Hall–Kier alpha value is -0.290. The van der Waals surface area contributed by atoms with Gasteiger partial charge < -0.3 is 17.0 Å². The van der Waals surface area contributed by atoms with Gasteiger partial charge in [-0.3, -0.25) is 11.6 Å². The number of anilines is 1. The van der Waals surface area contributed by atoms with E-state index in [1.165, 1.54) is 4.68 Å². The van der Waals surface area contributed by atoms with Gasteiger partial charge in [-0.15, -0.1) is 21.7 Å². The number of nitrogens with two attached hydrogens (primary N) is 2. The minimum atomic E-state index is 0. The fourth-order valence-corrected chi connectivity index (χ4v) is 0.469. The number of nitrogen functional groups attached to an aromatic ring is 2. The summed E-state index contributed by atoms with van der Waals surface area (Å²) >= 11 is 0. The van der Waals surface area contributed by atoms with E-state index in [0.717, 1.165) is 0 Å². The van der Waals surface area contributed by atoms with Crippen molar-refractivity contribution in [2.75, 3.05) is 11.6 Å². The Morgan fingerprint density at radius 2 is 1.90 bits per heavy atom. The molecule has 0 aliphatic carbocycles. The van der Waals surface area contributed by atoms with E-state index in [2.05, 4.69) is 0 Å². The predicted molar refractivity (Wildman–Crippen MR) is 41.5 cm³/mol. The van der Waals surface area contributed by atoms with Crippen LogP contribution < -0.4 is 33.2 Å². The SMILES string of the molecule is Br.Nc1cccc[n+]1N.[Br-]. The van der Waals surface area contributed by atoms with Crippen molar-refractivity contribution in [1.29, 1.82) is 0 Å². The molecule has 1 rings (SSSR count). The lowest BCUT2D eigenvalue weighted by Crippen LogP contribution is -3.00. The van der Waals surface area contributed by atoms with Gasteiger partial charge in [-0.2, -0.15) is 0 Å². The molecule has 1 heterocycles. The summed E-state index contributed by atoms with van der Waals surface area (Å²) < 4.78 is 1.36. The first-order valence-electron chi connectivity index (χ1n) is 2.32. The summed E-state index contributed by atoms with van der Waals surface area (Å²) in [5.74, 6) is 5.87. The largest absolute Gasteiger partial charge is 1.00 e. The molecule has 4 N–H and O–H groups in total. The lowest BCUT2D eigenvalue weighted by Gasteiger charge is -1.89. The van der Waals surface area contributed by atoms with Crippen LogP contribution in [0.3, 0.4) is 0 Å². The van der Waals surface area contributed by atoms with Crippen molar-refractivity contribution in [3.63, 3.8) is 0 Å². The topological polar surface area (TPSA) is 55.9 Å². The Balaban J connectivity index is 0. The Morgan fingerprint density at radius 1 is 1.30 bits per heavy atom. The highest BCUT2D eigenvalue weighted by molar-refractivity contribution is 8.93. The fraction of sp³-hybridized carbons (Fsp3) is 0. The smallest absolute Gasteiger partial charge is 0.295 e. The molecule has 0 saturated carbocycles. The van der Waals surface area contributed by atoms with Crippen molar-refractivity contribution >= 4 is 22.8 Å². The lowest BCUT2D eigenvalue weighted by molar-refractivity contribution is -0.623. The van der Waals surface area contributed by atoms with Gasteiger partial charge >= 0.3 is 0 Å². The monoisotopic (exact) mass is 269 g/mol. The molecule has 0 saturated heterocycles. The summed E-state index contributed by atoms with van der Waals surface area (Å²) in [4.78, 5) is 0. The van der Waals surface area contributed by atoms with Gasteiger partial charge in [0.15, 0.2) is 0 Å². The standard InChI is InChI=1S/C5H7N3.2BrH/c6-5-3-1-2-4-8(5)7;;/h1-4,6H,7H2;2*1H. The molecular weight excluding hydrogens is 262 g/mol. The normalized spacial score (nSPS) is 7.20. The molecule has 1 aromatic rings. The Labute approximate surface area is 80.5 Å². The van der Waals surface area contributed by atoms with Crippen molar-refractivity contribution in [3.05, 3.63) is 24.4 Å². The Morgan fingerprint density at radius 3 is 2.20 bits per heavy atom. The number of rotatable bonds is 0. The van der Waals surface area contributed by atoms with Crippen molar-refractivity contribution in [3.8, 4) is 0 Å². The van der Waals surface area contributed by atoms with Crippen molar-refractivity contribution in [1.82, 2.24) is 0 Å². The highest BCUT2D eigenvalue weighted by Crippen LogP contribution is 1.85. The number of nitrogens with zero attached hydrogens (tertiary/aromatic N) is 1. The third-order valence-corrected chi connectivity index (χ3v) is 0.923. The molecule has 1 aromatic heterocycles. The molecule has 58 valence electrons. The molecular formula is C5H9Br2N3. The molecule has 3 nitrogen and oxygen atoms in total. The van der Waals surface area contributed by atoms with Crippen LogP contribution in [0.2, 0.25) is 0 Å². The van der Waals surface area contributed by atoms with Gasteiger partial charge in [-0.05, 0) is 6.07 Å². The van der Waals surface area contributed by atoms with Gasteiger partial charge in [0.05, 0.1) is 0 Å². The molecule has 0 unspecified atom stereocenters. The van der Waals surface area contributed by atoms with Gasteiger partial charge in [0.25, 0.3) is 5.82 Å². The van der Waals surface area contributed by atoms with Crippen LogP contribution in [0.15, 0.2) is 24.4 Å². The van der Waals surface area contributed by atoms with E-state index in [9.17, 15) is 0 Å². The van der Waals surface area contributed by atoms with E-state index in [4.69, 9.17) is 11.6 Å². The summed E-state index contributed by atoms with van der Waals surface area (Å²) in [5.41, 5.74) is 5.36. The summed E-state index contributed by atoms with van der Waals surface area (Å²) in [5, 5.41) is 0. The van der Waals surface area contributed by atoms with Gasteiger partial charge in [-0.1, -0.05) is 6.07 Å². The number of hydrogen-bond acceptors (Lipinski definition) is 2. The van der Waals surface area contributed by atoms with Crippen LogP contribution >= 0.6 is 17.0 Å². The van der Waals surface area contributed by atoms with Crippen molar-refractivity contribution < 1.29 is 21.7 Å². The first-order chi connectivity index (χ1) is 3.80. The maximum Gasteiger partial charge on any atom is 0.295 e. The van der Waals surface area contributed by atoms with Crippen molar-refractivity contribution in [2.24, 2.45) is 0 Å². The van der Waals surface area contributed by atoms with E-state index in [-0.39, 0.29) is 34.0 Å². The second kappa shape index (κ2) is 5.49. The maximum atomic E-state index is 5.36. The maximum absolute atomic E-state index is 5.36. The van der Waals surface area contributed by atoms with Gasteiger partial charge in [0.1, 0.15) is 6.20 Å². The molecule has 0 atom stereocenters. The molecule has 0 bridgehead atoms. The zero-order chi connectivity index (χ0) is 5.98. The summed E-state index contributed by atoms with van der Waals surface area (Å²) in [6.45, 7) is 0. The Kier molecular flexibility index (Phi) is 6.81. The third-order valence-electron chi connectivity index (χ3n) is 0.923. The second-order valence-electron chi connectivity index (χ2n) is 1.53. The summed E-state index contributed by atoms with van der Waals surface area (Å²) in [7, 11) is 0. The predicted octanol–water partition coefficient (Wildman–Crippen LogP) is -3.15. The van der Waals surface area contributed by atoms with E-state index in [1.807, 2.05) is 12.1 Å². The summed E-state index contributed by atoms with van der Waals surface area (Å²) in [6, 6.07) is 5.38. The highest BCUT2D eigenvalue weighted by Gasteiger charge is 1.91. The van der Waals surface area contributed by atoms with Crippen LogP contribution in [-0.4, -0.2) is 0 Å². The molecule has 0 aliphatic heterocycles. The molecule has 0 spiro atoms. The van der Waals surface area contributed by atoms with Crippen LogP contribution in [0.1, 0.15) is 0 Å². The zero-order valence-corrected chi connectivity index (χ0v) is 8.50.